The third-order valence-corrected chi connectivity index (χ3v) is 4.86. The van der Waals surface area contributed by atoms with Gasteiger partial charge in [-0.05, 0) is 42.0 Å². The van der Waals surface area contributed by atoms with Crippen LogP contribution in [0, 0.1) is 0 Å². The summed E-state index contributed by atoms with van der Waals surface area (Å²) >= 11 is 1.55. The average Bonchev–Trinajstić information content (AvgIpc) is 2.62. The number of fused-ring (bicyclic) bond motifs is 1. The Morgan fingerprint density at radius 1 is 1.00 bits per heavy atom. The molecular weight excluding hydrogens is 318 g/mol. The molecule has 0 fully saturated rings. The van der Waals surface area contributed by atoms with Crippen molar-refractivity contribution in [1.82, 2.24) is 0 Å². The molecule has 24 heavy (non-hydrogen) atoms. The van der Waals surface area contributed by atoms with Gasteiger partial charge in [-0.2, -0.15) is 0 Å². The molecule has 122 valence electrons. The molecule has 0 unspecified atom stereocenters. The monoisotopic (exact) mass is 337 g/mol. The fourth-order valence-electron chi connectivity index (χ4n) is 2.48. The van der Waals surface area contributed by atoms with Crippen LogP contribution in [0.4, 0.5) is 5.69 Å². The van der Waals surface area contributed by atoms with Crippen LogP contribution in [0.2, 0.25) is 0 Å². The Morgan fingerprint density at radius 3 is 2.50 bits per heavy atom. The number of methoxy groups -OCH3 is 1. The van der Waals surface area contributed by atoms with Crippen molar-refractivity contribution in [3.05, 3.63) is 66.7 Å². The first kappa shape index (κ1) is 16.4. The van der Waals surface area contributed by atoms with Gasteiger partial charge < -0.3 is 10.1 Å². The third-order valence-electron chi connectivity index (χ3n) is 3.77. The lowest BCUT2D eigenvalue weighted by molar-refractivity contribution is -0.115. The van der Waals surface area contributed by atoms with E-state index in [0.717, 1.165) is 4.90 Å². The molecule has 3 aromatic rings. The second-order valence-corrected chi connectivity index (χ2v) is 6.87. The van der Waals surface area contributed by atoms with Crippen LogP contribution in [0.25, 0.3) is 10.8 Å². The number of hydrogen-bond donors (Lipinski definition) is 1. The molecule has 0 aliphatic rings. The van der Waals surface area contributed by atoms with Crippen molar-refractivity contribution in [2.24, 2.45) is 0 Å². The van der Waals surface area contributed by atoms with Crippen LogP contribution in [0.15, 0.2) is 71.6 Å². The summed E-state index contributed by atoms with van der Waals surface area (Å²) in [5.74, 6) is 0.617. The molecule has 3 rings (SSSR count). The van der Waals surface area contributed by atoms with Crippen LogP contribution >= 0.6 is 11.8 Å². The summed E-state index contributed by atoms with van der Waals surface area (Å²) in [4.78, 5) is 13.5. The number of para-hydroxylation sites is 2. The molecule has 1 atom stereocenters. The van der Waals surface area contributed by atoms with E-state index in [1.54, 1.807) is 18.9 Å². The van der Waals surface area contributed by atoms with E-state index in [2.05, 4.69) is 35.6 Å². The molecule has 3 nitrogen and oxygen atoms in total. The molecule has 4 heteroatoms. The number of carbonyl (C=O) groups is 1. The first-order valence-corrected chi connectivity index (χ1v) is 8.64. The Morgan fingerprint density at radius 2 is 1.71 bits per heavy atom. The summed E-state index contributed by atoms with van der Waals surface area (Å²) in [5.41, 5.74) is 0.691. The largest absolute Gasteiger partial charge is 0.495 e. The van der Waals surface area contributed by atoms with E-state index in [4.69, 9.17) is 4.74 Å². The first-order valence-electron chi connectivity index (χ1n) is 7.77. The molecular formula is C20H19NO2S. The van der Waals surface area contributed by atoms with Crippen molar-refractivity contribution in [1.29, 1.82) is 0 Å². The average molecular weight is 337 g/mol. The zero-order chi connectivity index (χ0) is 16.9. The van der Waals surface area contributed by atoms with Gasteiger partial charge in [-0.25, -0.2) is 0 Å². The Labute approximate surface area is 146 Å². The van der Waals surface area contributed by atoms with Gasteiger partial charge in [0.25, 0.3) is 0 Å². The Kier molecular flexibility index (Phi) is 5.06. The number of nitrogens with one attached hydrogen (secondary N) is 1. The van der Waals surface area contributed by atoms with Crippen molar-refractivity contribution in [3.8, 4) is 5.75 Å². The maximum absolute atomic E-state index is 12.5. The lowest BCUT2D eigenvalue weighted by Crippen LogP contribution is -2.22. The van der Waals surface area contributed by atoms with Crippen molar-refractivity contribution in [2.75, 3.05) is 12.4 Å². The fourth-order valence-corrected chi connectivity index (χ4v) is 3.40. The van der Waals surface area contributed by atoms with E-state index in [0.29, 0.717) is 11.4 Å². The van der Waals surface area contributed by atoms with Gasteiger partial charge in [-0.15, -0.1) is 11.8 Å². The predicted molar refractivity (Wildman–Crippen MR) is 101 cm³/mol. The van der Waals surface area contributed by atoms with E-state index >= 15 is 0 Å². The van der Waals surface area contributed by atoms with Crippen molar-refractivity contribution < 1.29 is 9.53 Å². The van der Waals surface area contributed by atoms with Crippen molar-refractivity contribution in [2.45, 2.75) is 17.1 Å². The maximum Gasteiger partial charge on any atom is 0.237 e. The topological polar surface area (TPSA) is 38.3 Å². The second kappa shape index (κ2) is 7.41. The molecule has 0 radical (unpaired) electrons. The zero-order valence-electron chi connectivity index (χ0n) is 13.7. The predicted octanol–water partition coefficient (Wildman–Crippen LogP) is 4.97. The van der Waals surface area contributed by atoms with Crippen LogP contribution < -0.4 is 10.1 Å². The number of anilines is 1. The molecule has 0 heterocycles. The zero-order valence-corrected chi connectivity index (χ0v) is 14.5. The smallest absolute Gasteiger partial charge is 0.237 e. The van der Waals surface area contributed by atoms with Crippen molar-refractivity contribution >= 4 is 34.1 Å². The molecule has 0 saturated heterocycles. The SMILES string of the molecule is COc1ccccc1NC(=O)[C@@H](C)Sc1ccc2ccccc2c1. The number of amides is 1. The summed E-state index contributed by atoms with van der Waals surface area (Å²) in [7, 11) is 1.60. The van der Waals surface area contributed by atoms with Gasteiger partial charge in [-0.1, -0.05) is 42.5 Å². The van der Waals surface area contributed by atoms with Crippen LogP contribution in [-0.2, 0) is 4.79 Å². The third kappa shape index (κ3) is 3.71. The van der Waals surface area contributed by atoms with Gasteiger partial charge in [-0.3, -0.25) is 4.79 Å². The van der Waals surface area contributed by atoms with Gasteiger partial charge in [0.15, 0.2) is 0 Å². The van der Waals surface area contributed by atoms with Crippen LogP contribution in [-0.4, -0.2) is 18.3 Å². The van der Waals surface area contributed by atoms with E-state index < -0.39 is 0 Å². The summed E-state index contributed by atoms with van der Waals surface area (Å²) in [6.07, 6.45) is 0. The van der Waals surface area contributed by atoms with Gasteiger partial charge in [0, 0.05) is 4.90 Å². The van der Waals surface area contributed by atoms with Gasteiger partial charge in [0.1, 0.15) is 5.75 Å². The summed E-state index contributed by atoms with van der Waals surface area (Å²) in [6, 6.07) is 21.9. The number of carbonyl (C=O) groups excluding carboxylic acids is 1. The number of ether oxygens (including phenoxy) is 1. The quantitative estimate of drug-likeness (QED) is 0.668. The lowest BCUT2D eigenvalue weighted by Gasteiger charge is -2.14. The maximum atomic E-state index is 12.5. The number of benzene rings is 3. The molecule has 0 bridgehead atoms. The van der Waals surface area contributed by atoms with Gasteiger partial charge in [0.05, 0.1) is 18.0 Å². The minimum absolute atomic E-state index is 0.0438. The molecule has 0 aliphatic carbocycles. The van der Waals surface area contributed by atoms with E-state index in [-0.39, 0.29) is 11.2 Å². The highest BCUT2D eigenvalue weighted by Crippen LogP contribution is 2.29. The lowest BCUT2D eigenvalue weighted by atomic mass is 10.1. The van der Waals surface area contributed by atoms with Crippen LogP contribution in [0.3, 0.4) is 0 Å². The van der Waals surface area contributed by atoms with Gasteiger partial charge in [0.2, 0.25) is 5.91 Å². The molecule has 0 aromatic heterocycles. The highest BCUT2D eigenvalue weighted by Gasteiger charge is 2.16. The van der Waals surface area contributed by atoms with Crippen LogP contribution in [0.1, 0.15) is 6.92 Å². The molecule has 0 saturated carbocycles. The minimum Gasteiger partial charge on any atom is -0.495 e. The number of rotatable bonds is 5. The summed E-state index contributed by atoms with van der Waals surface area (Å²) in [6.45, 7) is 1.91. The van der Waals surface area contributed by atoms with Gasteiger partial charge >= 0.3 is 0 Å². The highest BCUT2D eigenvalue weighted by atomic mass is 32.2. The minimum atomic E-state index is -0.212. The standard InChI is InChI=1S/C20H19NO2S/c1-14(20(22)21-18-9-5-6-10-19(18)23-2)24-17-12-11-15-7-3-4-8-16(15)13-17/h3-14H,1-2H3,(H,21,22)/t14-/m1/s1. The van der Waals surface area contributed by atoms with Crippen molar-refractivity contribution in [3.63, 3.8) is 0 Å². The number of thioether (sulfide) groups is 1. The number of hydrogen-bond acceptors (Lipinski definition) is 3. The second-order valence-electron chi connectivity index (χ2n) is 5.46. The molecule has 0 spiro atoms. The first-order chi connectivity index (χ1) is 11.7. The normalized spacial score (nSPS) is 11.9. The molecule has 1 amide bonds. The molecule has 0 aliphatic heterocycles. The summed E-state index contributed by atoms with van der Waals surface area (Å²) < 4.78 is 5.27. The van der Waals surface area contributed by atoms with E-state index in [1.807, 2.05) is 43.3 Å². The Balaban J connectivity index is 1.71. The Hall–Kier alpha value is -2.46. The highest BCUT2D eigenvalue weighted by molar-refractivity contribution is 8.00. The van der Waals surface area contributed by atoms with E-state index in [9.17, 15) is 4.79 Å². The van der Waals surface area contributed by atoms with E-state index in [1.165, 1.54) is 10.8 Å². The molecule has 1 N–H and O–H groups in total. The molecule has 3 aromatic carbocycles. The van der Waals surface area contributed by atoms with Crippen LogP contribution in [0.5, 0.6) is 5.75 Å². The summed E-state index contributed by atoms with van der Waals surface area (Å²) in [5, 5.41) is 5.10. The fraction of sp³-hybridized carbons (Fsp3) is 0.150. The Bertz CT molecular complexity index is 863.